The smallest absolute Gasteiger partial charge is 0.123 e. The monoisotopic (exact) mass is 237 g/mol. The zero-order valence-electron chi connectivity index (χ0n) is 9.83. The summed E-state index contributed by atoms with van der Waals surface area (Å²) in [5.41, 5.74) is 0.335. The van der Waals surface area contributed by atoms with Crippen molar-refractivity contribution in [3.8, 4) is 0 Å². The third-order valence-electron chi connectivity index (χ3n) is 4.07. The van der Waals surface area contributed by atoms with E-state index in [4.69, 9.17) is 0 Å². The number of nitrogens with zero attached hydrogens (tertiary/aromatic N) is 2. The first-order valence-corrected chi connectivity index (χ1v) is 7.14. The topological polar surface area (TPSA) is 37.8 Å². The van der Waals surface area contributed by atoms with E-state index in [1.165, 1.54) is 42.1 Å². The Balaban J connectivity index is 1.81. The van der Waals surface area contributed by atoms with Crippen LogP contribution in [0, 0.1) is 0 Å². The van der Waals surface area contributed by atoms with Crippen LogP contribution in [0.5, 0.6) is 0 Å². The molecule has 16 heavy (non-hydrogen) atoms. The Kier molecular flexibility index (Phi) is 2.72. The van der Waals surface area contributed by atoms with Gasteiger partial charge in [0.1, 0.15) is 10.0 Å². The van der Waals surface area contributed by atoms with Gasteiger partial charge < -0.3 is 5.32 Å². The molecule has 1 aromatic rings. The van der Waals surface area contributed by atoms with E-state index in [-0.39, 0.29) is 0 Å². The SMILES string of the molecule is CC1(c2nnc(C3CCNC3)s2)CCCC1. The van der Waals surface area contributed by atoms with Crippen LogP contribution in [0.3, 0.4) is 0 Å². The molecule has 2 aliphatic rings. The summed E-state index contributed by atoms with van der Waals surface area (Å²) in [5, 5.41) is 14.8. The van der Waals surface area contributed by atoms with Gasteiger partial charge >= 0.3 is 0 Å². The fourth-order valence-corrected chi connectivity index (χ4v) is 4.06. The third-order valence-corrected chi connectivity index (χ3v) is 5.47. The third kappa shape index (κ3) is 1.78. The molecule has 0 aromatic carbocycles. The lowest BCUT2D eigenvalue weighted by Gasteiger charge is -2.18. The summed E-state index contributed by atoms with van der Waals surface area (Å²) >= 11 is 1.86. The summed E-state index contributed by atoms with van der Waals surface area (Å²) < 4.78 is 0. The van der Waals surface area contributed by atoms with Gasteiger partial charge in [0.15, 0.2) is 0 Å². The second-order valence-electron chi connectivity index (χ2n) is 5.40. The van der Waals surface area contributed by atoms with Crippen molar-refractivity contribution in [2.45, 2.75) is 50.4 Å². The summed E-state index contributed by atoms with van der Waals surface area (Å²) in [6, 6.07) is 0. The van der Waals surface area contributed by atoms with Gasteiger partial charge in [-0.1, -0.05) is 19.8 Å². The molecule has 4 heteroatoms. The Morgan fingerprint density at radius 1 is 1.31 bits per heavy atom. The van der Waals surface area contributed by atoms with Crippen LogP contribution >= 0.6 is 11.3 Å². The highest BCUT2D eigenvalue weighted by molar-refractivity contribution is 7.11. The summed E-state index contributed by atoms with van der Waals surface area (Å²) in [7, 11) is 0. The quantitative estimate of drug-likeness (QED) is 0.858. The lowest BCUT2D eigenvalue weighted by atomic mass is 9.90. The molecular weight excluding hydrogens is 218 g/mol. The maximum Gasteiger partial charge on any atom is 0.123 e. The van der Waals surface area contributed by atoms with E-state index in [1.807, 2.05) is 11.3 Å². The van der Waals surface area contributed by atoms with Gasteiger partial charge in [-0.25, -0.2) is 0 Å². The highest BCUT2D eigenvalue weighted by atomic mass is 32.1. The molecule has 1 atom stereocenters. The molecule has 0 radical (unpaired) electrons. The van der Waals surface area contributed by atoms with Crippen LogP contribution in [0.25, 0.3) is 0 Å². The van der Waals surface area contributed by atoms with Crippen LogP contribution in [0.1, 0.15) is 55.0 Å². The first kappa shape index (κ1) is 10.7. The molecule has 3 rings (SSSR count). The molecule has 1 aliphatic carbocycles. The molecule has 1 unspecified atom stereocenters. The van der Waals surface area contributed by atoms with Crippen molar-refractivity contribution in [2.75, 3.05) is 13.1 Å². The van der Waals surface area contributed by atoms with E-state index in [0.717, 1.165) is 13.1 Å². The zero-order chi connectivity index (χ0) is 11.0. The van der Waals surface area contributed by atoms with Gasteiger partial charge in [0.25, 0.3) is 0 Å². The predicted octanol–water partition coefficient (Wildman–Crippen LogP) is 2.45. The van der Waals surface area contributed by atoms with Gasteiger partial charge in [-0.15, -0.1) is 21.5 Å². The van der Waals surface area contributed by atoms with Crippen molar-refractivity contribution in [3.05, 3.63) is 10.0 Å². The summed E-state index contributed by atoms with van der Waals surface area (Å²) in [6.07, 6.45) is 6.53. The van der Waals surface area contributed by atoms with Crippen molar-refractivity contribution in [3.63, 3.8) is 0 Å². The second-order valence-corrected chi connectivity index (χ2v) is 6.41. The Bertz CT molecular complexity index is 362. The van der Waals surface area contributed by atoms with Gasteiger partial charge in [0, 0.05) is 17.9 Å². The lowest BCUT2D eigenvalue weighted by Crippen LogP contribution is -2.16. The van der Waals surface area contributed by atoms with Gasteiger partial charge in [0.05, 0.1) is 0 Å². The molecule has 1 aromatic heterocycles. The molecule has 0 bridgehead atoms. The van der Waals surface area contributed by atoms with Crippen LogP contribution in [0.2, 0.25) is 0 Å². The average Bonchev–Trinajstić information content (AvgIpc) is 2.98. The molecule has 3 nitrogen and oxygen atoms in total. The molecular formula is C12H19N3S. The molecule has 2 heterocycles. The lowest BCUT2D eigenvalue weighted by molar-refractivity contribution is 0.483. The second kappa shape index (κ2) is 4.08. The van der Waals surface area contributed by atoms with Crippen LogP contribution < -0.4 is 5.32 Å². The molecule has 2 fully saturated rings. The van der Waals surface area contributed by atoms with Crippen molar-refractivity contribution >= 4 is 11.3 Å². The van der Waals surface area contributed by atoms with Crippen LogP contribution in [0.15, 0.2) is 0 Å². The maximum absolute atomic E-state index is 4.46. The first-order chi connectivity index (χ1) is 7.78. The standard InChI is InChI=1S/C12H19N3S/c1-12(5-2-3-6-12)11-15-14-10(16-11)9-4-7-13-8-9/h9,13H,2-8H2,1H3. The molecule has 1 aliphatic heterocycles. The van der Waals surface area contributed by atoms with E-state index >= 15 is 0 Å². The number of nitrogens with one attached hydrogen (secondary N) is 1. The summed E-state index contributed by atoms with van der Waals surface area (Å²) in [4.78, 5) is 0. The zero-order valence-corrected chi connectivity index (χ0v) is 10.6. The van der Waals surface area contributed by atoms with Crippen LogP contribution in [0.4, 0.5) is 0 Å². The molecule has 0 spiro atoms. The van der Waals surface area contributed by atoms with E-state index in [0.29, 0.717) is 11.3 Å². The maximum atomic E-state index is 4.46. The van der Waals surface area contributed by atoms with Crippen LogP contribution in [-0.4, -0.2) is 23.3 Å². The highest BCUT2D eigenvalue weighted by Crippen LogP contribution is 2.42. The Hall–Kier alpha value is -0.480. The fraction of sp³-hybridized carbons (Fsp3) is 0.833. The largest absolute Gasteiger partial charge is 0.316 e. The van der Waals surface area contributed by atoms with Gasteiger partial charge in [0.2, 0.25) is 0 Å². The molecule has 0 amide bonds. The van der Waals surface area contributed by atoms with E-state index in [9.17, 15) is 0 Å². The van der Waals surface area contributed by atoms with Gasteiger partial charge in [-0.2, -0.15) is 0 Å². The molecule has 1 saturated heterocycles. The minimum atomic E-state index is 0.335. The van der Waals surface area contributed by atoms with Crippen molar-refractivity contribution in [1.29, 1.82) is 0 Å². The highest BCUT2D eigenvalue weighted by Gasteiger charge is 2.34. The number of hydrogen-bond acceptors (Lipinski definition) is 4. The number of hydrogen-bond donors (Lipinski definition) is 1. The van der Waals surface area contributed by atoms with E-state index in [2.05, 4.69) is 22.4 Å². The Morgan fingerprint density at radius 2 is 2.12 bits per heavy atom. The Labute approximate surface area is 101 Å². The normalized spacial score (nSPS) is 28.7. The Morgan fingerprint density at radius 3 is 2.81 bits per heavy atom. The minimum absolute atomic E-state index is 0.335. The average molecular weight is 237 g/mol. The molecule has 1 saturated carbocycles. The first-order valence-electron chi connectivity index (χ1n) is 6.32. The van der Waals surface area contributed by atoms with Gasteiger partial charge in [-0.05, 0) is 25.8 Å². The van der Waals surface area contributed by atoms with E-state index < -0.39 is 0 Å². The van der Waals surface area contributed by atoms with E-state index in [1.54, 1.807) is 0 Å². The number of rotatable bonds is 2. The predicted molar refractivity (Wildman–Crippen MR) is 66.0 cm³/mol. The molecule has 88 valence electrons. The summed E-state index contributed by atoms with van der Waals surface area (Å²) in [5.74, 6) is 0.622. The molecule has 1 N–H and O–H groups in total. The van der Waals surface area contributed by atoms with Crippen molar-refractivity contribution in [1.82, 2.24) is 15.5 Å². The fourth-order valence-electron chi connectivity index (χ4n) is 2.88. The van der Waals surface area contributed by atoms with Gasteiger partial charge in [-0.3, -0.25) is 0 Å². The minimum Gasteiger partial charge on any atom is -0.316 e. The number of aromatic nitrogens is 2. The van der Waals surface area contributed by atoms with Crippen molar-refractivity contribution in [2.24, 2.45) is 0 Å². The van der Waals surface area contributed by atoms with Crippen molar-refractivity contribution < 1.29 is 0 Å². The summed E-state index contributed by atoms with van der Waals surface area (Å²) in [6.45, 7) is 4.58. The van der Waals surface area contributed by atoms with Crippen LogP contribution in [-0.2, 0) is 5.41 Å².